The summed E-state index contributed by atoms with van der Waals surface area (Å²) in [5.41, 5.74) is 2.40. The summed E-state index contributed by atoms with van der Waals surface area (Å²) in [7, 11) is 0. The van der Waals surface area contributed by atoms with Crippen LogP contribution in [0.1, 0.15) is 50.8 Å². The number of hydrogen-bond donors (Lipinski definition) is 2. The van der Waals surface area contributed by atoms with Gasteiger partial charge in [-0.3, -0.25) is 4.79 Å². The van der Waals surface area contributed by atoms with E-state index in [2.05, 4.69) is 49.6 Å². The molecule has 0 radical (unpaired) electrons. The van der Waals surface area contributed by atoms with Crippen molar-refractivity contribution in [2.45, 2.75) is 52.6 Å². The van der Waals surface area contributed by atoms with Gasteiger partial charge >= 0.3 is 0 Å². The topological polar surface area (TPSA) is 41.1 Å². The Hall–Kier alpha value is -1.35. The van der Waals surface area contributed by atoms with Crippen LogP contribution in [0.25, 0.3) is 0 Å². The maximum absolute atomic E-state index is 12.5. The van der Waals surface area contributed by atoms with Crippen LogP contribution in [0.4, 0.5) is 0 Å². The van der Waals surface area contributed by atoms with E-state index in [-0.39, 0.29) is 23.4 Å². The first kappa shape index (κ1) is 15.0. The van der Waals surface area contributed by atoms with E-state index in [4.69, 9.17) is 0 Å². The highest BCUT2D eigenvalue weighted by Crippen LogP contribution is 2.30. The molecular weight excluding hydrogens is 248 g/mol. The molecule has 1 amide bonds. The minimum Gasteiger partial charge on any atom is -0.348 e. The summed E-state index contributed by atoms with van der Waals surface area (Å²) in [6, 6.07) is 8.26. The van der Waals surface area contributed by atoms with Gasteiger partial charge in [-0.2, -0.15) is 0 Å². The predicted molar refractivity (Wildman–Crippen MR) is 82.5 cm³/mol. The van der Waals surface area contributed by atoms with E-state index < -0.39 is 0 Å². The van der Waals surface area contributed by atoms with Crippen LogP contribution in [-0.4, -0.2) is 18.5 Å². The van der Waals surface area contributed by atoms with E-state index in [1.807, 2.05) is 13.0 Å². The second kappa shape index (κ2) is 5.96. The lowest BCUT2D eigenvalue weighted by Crippen LogP contribution is -2.55. The maximum atomic E-state index is 12.5. The van der Waals surface area contributed by atoms with Gasteiger partial charge in [-0.05, 0) is 44.2 Å². The Balaban J connectivity index is 2.03. The van der Waals surface area contributed by atoms with E-state index in [9.17, 15) is 4.79 Å². The quantitative estimate of drug-likeness (QED) is 0.889. The molecular formula is C17H26N2O. The van der Waals surface area contributed by atoms with Crippen LogP contribution in [0.15, 0.2) is 24.3 Å². The molecule has 0 aliphatic carbocycles. The second-order valence-electron chi connectivity index (χ2n) is 6.62. The molecule has 0 spiro atoms. The van der Waals surface area contributed by atoms with Gasteiger partial charge in [0.05, 0.1) is 12.1 Å². The van der Waals surface area contributed by atoms with E-state index >= 15 is 0 Å². The zero-order valence-corrected chi connectivity index (χ0v) is 13.0. The summed E-state index contributed by atoms with van der Waals surface area (Å²) in [5.74, 6) is 0.115. The third kappa shape index (κ3) is 3.40. The summed E-state index contributed by atoms with van der Waals surface area (Å²) in [6.07, 6.45) is 2.24. The molecule has 20 heavy (non-hydrogen) atoms. The van der Waals surface area contributed by atoms with Gasteiger partial charge in [0.2, 0.25) is 5.91 Å². The first-order valence-corrected chi connectivity index (χ1v) is 7.50. The molecule has 1 saturated heterocycles. The molecule has 1 aromatic carbocycles. The van der Waals surface area contributed by atoms with E-state index in [1.165, 1.54) is 5.56 Å². The van der Waals surface area contributed by atoms with Crippen LogP contribution in [0.5, 0.6) is 0 Å². The monoisotopic (exact) mass is 274 g/mol. The fraction of sp³-hybridized carbons (Fsp3) is 0.588. The maximum Gasteiger partial charge on any atom is 0.238 e. The van der Waals surface area contributed by atoms with Crippen molar-refractivity contribution >= 4 is 5.91 Å². The van der Waals surface area contributed by atoms with Crippen molar-refractivity contribution < 1.29 is 4.79 Å². The minimum absolute atomic E-state index is 0.0225. The Labute approximate surface area is 122 Å². The largest absolute Gasteiger partial charge is 0.348 e. The zero-order valence-electron chi connectivity index (χ0n) is 13.0. The Bertz CT molecular complexity index is 482. The average molecular weight is 274 g/mol. The van der Waals surface area contributed by atoms with Crippen molar-refractivity contribution in [2.75, 3.05) is 6.54 Å². The molecule has 0 saturated carbocycles. The lowest BCUT2D eigenvalue weighted by Gasteiger charge is -2.38. The molecule has 1 aliphatic rings. The highest BCUT2D eigenvalue weighted by atomic mass is 16.2. The first-order chi connectivity index (χ1) is 9.40. The van der Waals surface area contributed by atoms with Crippen molar-refractivity contribution in [3.8, 4) is 0 Å². The molecule has 0 bridgehead atoms. The fourth-order valence-corrected chi connectivity index (χ4v) is 2.98. The third-order valence-electron chi connectivity index (χ3n) is 4.29. The van der Waals surface area contributed by atoms with Crippen molar-refractivity contribution in [1.29, 1.82) is 0 Å². The van der Waals surface area contributed by atoms with E-state index in [0.717, 1.165) is 24.9 Å². The SMILES string of the molecule is Cc1cccc([C@H](C)NC(=O)C2NCCCC2(C)C)c1. The van der Waals surface area contributed by atoms with Crippen molar-refractivity contribution in [3.05, 3.63) is 35.4 Å². The van der Waals surface area contributed by atoms with Crippen LogP contribution >= 0.6 is 0 Å². The molecule has 110 valence electrons. The summed E-state index contributed by atoms with van der Waals surface area (Å²) in [4.78, 5) is 12.5. The highest BCUT2D eigenvalue weighted by molar-refractivity contribution is 5.83. The lowest BCUT2D eigenvalue weighted by atomic mass is 9.77. The molecule has 1 unspecified atom stereocenters. The first-order valence-electron chi connectivity index (χ1n) is 7.50. The molecule has 1 fully saturated rings. The van der Waals surface area contributed by atoms with Crippen molar-refractivity contribution in [1.82, 2.24) is 10.6 Å². The van der Waals surface area contributed by atoms with Gasteiger partial charge in [-0.15, -0.1) is 0 Å². The number of carbonyl (C=O) groups is 1. The molecule has 1 heterocycles. The predicted octanol–water partition coefficient (Wildman–Crippen LogP) is 2.95. The molecule has 3 heteroatoms. The molecule has 0 aromatic heterocycles. The fourth-order valence-electron chi connectivity index (χ4n) is 2.98. The number of nitrogens with one attached hydrogen (secondary N) is 2. The summed E-state index contributed by atoms with van der Waals surface area (Å²) >= 11 is 0. The Morgan fingerprint density at radius 3 is 2.85 bits per heavy atom. The number of hydrogen-bond acceptors (Lipinski definition) is 2. The molecule has 1 aromatic rings. The second-order valence-corrected chi connectivity index (χ2v) is 6.62. The molecule has 2 rings (SSSR count). The van der Waals surface area contributed by atoms with Crippen LogP contribution in [0, 0.1) is 12.3 Å². The smallest absolute Gasteiger partial charge is 0.238 e. The molecule has 3 nitrogen and oxygen atoms in total. The van der Waals surface area contributed by atoms with Crippen molar-refractivity contribution in [2.24, 2.45) is 5.41 Å². The van der Waals surface area contributed by atoms with Crippen molar-refractivity contribution in [3.63, 3.8) is 0 Å². The van der Waals surface area contributed by atoms with Crippen LogP contribution < -0.4 is 10.6 Å². The van der Waals surface area contributed by atoms with Gasteiger partial charge in [-0.1, -0.05) is 43.7 Å². The van der Waals surface area contributed by atoms with Gasteiger partial charge in [0.1, 0.15) is 0 Å². The molecule has 2 N–H and O–H groups in total. The molecule has 2 atom stereocenters. The number of aryl methyl sites for hydroxylation is 1. The Morgan fingerprint density at radius 2 is 2.20 bits per heavy atom. The van der Waals surface area contributed by atoms with E-state index in [0.29, 0.717) is 0 Å². The van der Waals surface area contributed by atoms with Crippen LogP contribution in [-0.2, 0) is 4.79 Å². The third-order valence-corrected chi connectivity index (χ3v) is 4.29. The van der Waals surface area contributed by atoms with Gasteiger partial charge in [0.15, 0.2) is 0 Å². The Morgan fingerprint density at radius 1 is 1.45 bits per heavy atom. The van der Waals surface area contributed by atoms with Gasteiger partial charge < -0.3 is 10.6 Å². The van der Waals surface area contributed by atoms with E-state index in [1.54, 1.807) is 0 Å². The minimum atomic E-state index is -0.0940. The zero-order chi connectivity index (χ0) is 14.8. The normalized spacial score (nSPS) is 23.1. The van der Waals surface area contributed by atoms with Gasteiger partial charge in [0.25, 0.3) is 0 Å². The van der Waals surface area contributed by atoms with Crippen LogP contribution in [0.2, 0.25) is 0 Å². The average Bonchev–Trinajstić information content (AvgIpc) is 2.37. The summed E-state index contributed by atoms with van der Waals surface area (Å²) in [5, 5.41) is 6.51. The summed E-state index contributed by atoms with van der Waals surface area (Å²) in [6.45, 7) is 9.38. The summed E-state index contributed by atoms with van der Waals surface area (Å²) < 4.78 is 0. The van der Waals surface area contributed by atoms with Gasteiger partial charge in [0, 0.05) is 0 Å². The number of carbonyl (C=O) groups excluding carboxylic acids is 1. The number of benzene rings is 1. The lowest BCUT2D eigenvalue weighted by molar-refractivity contribution is -0.127. The van der Waals surface area contributed by atoms with Crippen LogP contribution in [0.3, 0.4) is 0 Å². The number of rotatable bonds is 3. The molecule has 1 aliphatic heterocycles. The number of amides is 1. The standard InChI is InChI=1S/C17H26N2O/c1-12-7-5-8-14(11-12)13(2)19-16(20)15-17(3,4)9-6-10-18-15/h5,7-8,11,13,15,18H,6,9-10H2,1-4H3,(H,19,20)/t13-,15?/m0/s1. The van der Waals surface area contributed by atoms with Gasteiger partial charge in [-0.25, -0.2) is 0 Å². The highest BCUT2D eigenvalue weighted by Gasteiger charge is 2.37. The Kier molecular flexibility index (Phi) is 4.48. The number of piperidine rings is 1.